The number of ether oxygens (including phenoxy) is 2. The molecule has 4 aliphatic heterocycles. The number of likely N-dealkylation sites (N-methyl/N-ethyl adjacent to an activating group) is 1. The highest BCUT2D eigenvalue weighted by Crippen LogP contribution is 2.58. The van der Waals surface area contributed by atoms with Crippen molar-refractivity contribution in [2.24, 2.45) is 29.6 Å². The molecule has 53 heavy (non-hydrogen) atoms. The lowest BCUT2D eigenvalue weighted by Crippen LogP contribution is -2.69. The van der Waals surface area contributed by atoms with Gasteiger partial charge < -0.3 is 29.4 Å². The molecule has 10 nitrogen and oxygen atoms in total. The number of fused-ring (bicyclic) bond motifs is 9. The number of piperidine rings is 3. The molecule has 284 valence electrons. The lowest BCUT2D eigenvalue weighted by molar-refractivity contribution is -0.300. The van der Waals surface area contributed by atoms with Crippen LogP contribution in [0.5, 0.6) is 5.75 Å². The third-order valence-corrected chi connectivity index (χ3v) is 14.8. The van der Waals surface area contributed by atoms with Crippen LogP contribution in [0.2, 0.25) is 0 Å². The molecule has 0 radical (unpaired) electrons. The van der Waals surface area contributed by atoms with Crippen molar-refractivity contribution in [3.63, 3.8) is 0 Å². The van der Waals surface area contributed by atoms with Crippen LogP contribution in [0.4, 0.5) is 0 Å². The quantitative estimate of drug-likeness (QED) is 0.111. The third kappa shape index (κ3) is 5.12. The van der Waals surface area contributed by atoms with Crippen LogP contribution in [0.25, 0.3) is 21.8 Å². The van der Waals surface area contributed by atoms with Gasteiger partial charge in [0.25, 0.3) is 0 Å². The van der Waals surface area contributed by atoms with Gasteiger partial charge in [-0.25, -0.2) is 9.78 Å². The fourth-order valence-electron chi connectivity index (χ4n) is 12.6. The van der Waals surface area contributed by atoms with Crippen LogP contribution < -0.4 is 4.74 Å². The normalized spacial score (nSPS) is 35.0. The average Bonchev–Trinajstić information content (AvgIpc) is 3.70. The Morgan fingerprint density at radius 1 is 1.00 bits per heavy atom. The van der Waals surface area contributed by atoms with Gasteiger partial charge in [0.15, 0.2) is 0 Å². The summed E-state index contributed by atoms with van der Waals surface area (Å²) in [6.07, 6.45) is 5.86. The zero-order valence-corrected chi connectivity index (χ0v) is 32.1. The van der Waals surface area contributed by atoms with Crippen molar-refractivity contribution in [2.75, 3.05) is 48.1 Å². The molecule has 10 rings (SSSR count). The van der Waals surface area contributed by atoms with Gasteiger partial charge in [0.1, 0.15) is 12.0 Å². The summed E-state index contributed by atoms with van der Waals surface area (Å²) in [4.78, 5) is 38.2. The summed E-state index contributed by atoms with van der Waals surface area (Å²) in [6.45, 7) is 6.72. The standard InChI is InChI=1S/C43H56N4O6/c1-7-23-17-25-20-43(22-53-52-6)39-28(15-16-47(40(23)43)41(25)48)27-13-14-34(50-4)36(38(27)45-39)31-18-29-24(8-2)21-46(3)33(35(29)42(49)51-5)19-30-26-11-9-10-12-32(26)44-37(30)31/h9-14,23-25,29,31,33,35,40-41,44-45,48H,7-8,15-22H2,1-6H3/t23-,24+,25-,29-,31-,33-,35+,40-,41?,43+/m0/s1. The molecule has 10 heteroatoms. The van der Waals surface area contributed by atoms with Gasteiger partial charge >= 0.3 is 5.97 Å². The van der Waals surface area contributed by atoms with Gasteiger partial charge in [-0.3, -0.25) is 9.69 Å². The van der Waals surface area contributed by atoms with Crippen molar-refractivity contribution in [2.45, 2.75) is 88.4 Å². The first-order valence-corrected chi connectivity index (χ1v) is 20.0. The van der Waals surface area contributed by atoms with Gasteiger partial charge in [-0.1, -0.05) is 44.9 Å². The molecule has 2 aromatic heterocycles. The largest absolute Gasteiger partial charge is 0.496 e. The minimum Gasteiger partial charge on any atom is -0.496 e. The first-order chi connectivity index (χ1) is 25.8. The van der Waals surface area contributed by atoms with Crippen LogP contribution in [-0.4, -0.2) is 97.2 Å². The number of hydrogen-bond acceptors (Lipinski definition) is 8. The molecule has 4 fully saturated rings. The molecule has 3 N–H and O–H groups in total. The van der Waals surface area contributed by atoms with Crippen molar-refractivity contribution in [1.82, 2.24) is 19.8 Å². The van der Waals surface area contributed by atoms with Gasteiger partial charge in [0.05, 0.1) is 44.8 Å². The van der Waals surface area contributed by atoms with Crippen LogP contribution in [-0.2, 0) is 37.6 Å². The second-order valence-electron chi connectivity index (χ2n) is 16.8. The number of likely N-dealkylation sites (tertiary alicyclic amines) is 1. The minimum absolute atomic E-state index is 0.0422. The molecule has 4 aromatic rings. The Bertz CT molecular complexity index is 2020. The number of methoxy groups -OCH3 is 2. The van der Waals surface area contributed by atoms with E-state index < -0.39 is 6.23 Å². The first-order valence-electron chi connectivity index (χ1n) is 20.0. The molecular formula is C43H56N4O6. The summed E-state index contributed by atoms with van der Waals surface area (Å²) >= 11 is 0. The molecule has 11 atom stereocenters. The third-order valence-electron chi connectivity index (χ3n) is 14.8. The van der Waals surface area contributed by atoms with Crippen molar-refractivity contribution < 1.29 is 29.1 Å². The van der Waals surface area contributed by atoms with Crippen LogP contribution in [0.15, 0.2) is 36.4 Å². The Morgan fingerprint density at radius 3 is 2.57 bits per heavy atom. The number of hydrogen-bond donors (Lipinski definition) is 3. The number of benzene rings is 2. The smallest absolute Gasteiger partial charge is 0.310 e. The highest BCUT2D eigenvalue weighted by molar-refractivity contribution is 5.92. The molecule has 1 saturated carbocycles. The number of carbonyl (C=O) groups is 1. The number of aromatic nitrogens is 2. The zero-order valence-electron chi connectivity index (χ0n) is 32.1. The Balaban J connectivity index is 1.30. The van der Waals surface area contributed by atoms with Crippen molar-refractivity contribution >= 4 is 27.8 Å². The Labute approximate surface area is 312 Å². The van der Waals surface area contributed by atoms with Gasteiger partial charge in [0, 0.05) is 64.3 Å². The molecule has 2 aliphatic carbocycles. The van der Waals surface area contributed by atoms with Crippen molar-refractivity contribution in [3.8, 4) is 5.75 Å². The predicted molar refractivity (Wildman–Crippen MR) is 204 cm³/mol. The van der Waals surface area contributed by atoms with Gasteiger partial charge in [0.2, 0.25) is 0 Å². The number of rotatable bonds is 8. The van der Waals surface area contributed by atoms with E-state index in [4.69, 9.17) is 19.2 Å². The summed E-state index contributed by atoms with van der Waals surface area (Å²) in [5, 5.41) is 14.0. The highest BCUT2D eigenvalue weighted by Gasteiger charge is 2.61. The number of esters is 1. The average molecular weight is 725 g/mol. The van der Waals surface area contributed by atoms with E-state index in [0.717, 1.165) is 80.4 Å². The Hall–Kier alpha value is -3.41. The number of aliphatic hydroxyl groups is 1. The van der Waals surface area contributed by atoms with Crippen LogP contribution in [0.3, 0.4) is 0 Å². The number of nitrogens with one attached hydrogen (secondary N) is 2. The number of aliphatic hydroxyl groups excluding tert-OH is 1. The summed E-state index contributed by atoms with van der Waals surface area (Å²) in [6, 6.07) is 13.2. The lowest BCUT2D eigenvalue weighted by Gasteiger charge is -2.61. The zero-order chi connectivity index (χ0) is 36.8. The second-order valence-corrected chi connectivity index (χ2v) is 16.8. The lowest BCUT2D eigenvalue weighted by atomic mass is 9.56. The molecule has 6 aliphatic rings. The minimum atomic E-state index is -0.438. The van der Waals surface area contributed by atoms with Crippen LogP contribution in [0.1, 0.15) is 79.9 Å². The fraction of sp³-hybridized carbons (Fsp3) is 0.605. The second kappa shape index (κ2) is 13.4. The van der Waals surface area contributed by atoms with E-state index in [-0.39, 0.29) is 47.1 Å². The van der Waals surface area contributed by atoms with Gasteiger partial charge in [-0.2, -0.15) is 0 Å². The monoisotopic (exact) mass is 724 g/mol. The number of para-hydroxylation sites is 1. The fourth-order valence-corrected chi connectivity index (χ4v) is 12.6. The van der Waals surface area contributed by atoms with E-state index in [2.05, 4.69) is 77.1 Å². The van der Waals surface area contributed by atoms with E-state index in [0.29, 0.717) is 18.4 Å². The number of H-pyrrole nitrogens is 2. The van der Waals surface area contributed by atoms with E-state index in [1.165, 1.54) is 33.3 Å². The van der Waals surface area contributed by atoms with E-state index >= 15 is 0 Å². The number of aromatic amines is 2. The molecule has 3 saturated heterocycles. The van der Waals surface area contributed by atoms with Gasteiger partial charge in [-0.15, -0.1) is 0 Å². The molecule has 2 aromatic carbocycles. The summed E-state index contributed by atoms with van der Waals surface area (Å²) in [5.74, 6) is 1.52. The predicted octanol–water partition coefficient (Wildman–Crippen LogP) is 6.29. The summed E-state index contributed by atoms with van der Waals surface area (Å²) in [5.41, 5.74) is 8.04. The SMILES string of the molecule is CC[C@@H]1CN(C)[C@H]2Cc3c([nH]c4ccccc34)[C@H](c3c(OC)ccc4c5c([nH]c34)[C@]3(COOC)C[C@@H]4C[C@H](CC)[C@@H]3N(CC5)C4O)C[C@@H]1[C@H]2C(=O)OC. The van der Waals surface area contributed by atoms with Gasteiger partial charge in [-0.05, 0) is 92.1 Å². The maximum Gasteiger partial charge on any atom is 0.310 e. The summed E-state index contributed by atoms with van der Waals surface area (Å²) < 4.78 is 12.0. The van der Waals surface area contributed by atoms with Crippen LogP contribution in [0, 0.1) is 29.6 Å². The maximum atomic E-state index is 13.9. The molecule has 0 amide bonds. The van der Waals surface area contributed by atoms with E-state index in [9.17, 15) is 9.90 Å². The summed E-state index contributed by atoms with van der Waals surface area (Å²) in [7, 11) is 7.11. The topological polar surface area (TPSA) is 112 Å². The highest BCUT2D eigenvalue weighted by atomic mass is 17.2. The van der Waals surface area contributed by atoms with E-state index in [1.807, 2.05) is 0 Å². The van der Waals surface area contributed by atoms with Crippen molar-refractivity contribution in [3.05, 3.63) is 64.5 Å². The molecule has 2 unspecified atom stereocenters. The molecular weight excluding hydrogens is 668 g/mol. The molecule has 0 spiro atoms. The Kier molecular flexibility index (Phi) is 8.93. The first kappa shape index (κ1) is 35.3. The van der Waals surface area contributed by atoms with E-state index in [1.54, 1.807) is 21.3 Å². The van der Waals surface area contributed by atoms with Crippen molar-refractivity contribution in [1.29, 1.82) is 0 Å². The number of carbonyl (C=O) groups excluding carboxylic acids is 1. The number of nitrogens with zero attached hydrogens (tertiary/aromatic N) is 2. The van der Waals surface area contributed by atoms with Crippen LogP contribution >= 0.6 is 0 Å². The molecule has 6 bridgehead atoms. The molecule has 6 heterocycles. The maximum absolute atomic E-state index is 13.9. The Morgan fingerprint density at radius 2 is 1.81 bits per heavy atom.